The summed E-state index contributed by atoms with van der Waals surface area (Å²) < 4.78 is 14.0. The van der Waals surface area contributed by atoms with Gasteiger partial charge in [0.05, 0.1) is 10.6 Å². The molecule has 0 spiro atoms. The molecule has 0 aliphatic carbocycles. The number of hydrogen-bond acceptors (Lipinski definition) is 3. The van der Waals surface area contributed by atoms with E-state index in [-0.39, 0.29) is 28.9 Å². The number of nitrogen functional groups attached to an aromatic ring is 1. The van der Waals surface area contributed by atoms with Gasteiger partial charge in [0.25, 0.3) is 11.8 Å². The number of amides is 2. The van der Waals surface area contributed by atoms with Gasteiger partial charge in [0, 0.05) is 37.4 Å². The predicted molar refractivity (Wildman–Crippen MR) is 106 cm³/mol. The van der Waals surface area contributed by atoms with Crippen LogP contribution in [0.2, 0.25) is 5.02 Å². The molecule has 1 aliphatic heterocycles. The van der Waals surface area contributed by atoms with Gasteiger partial charge < -0.3 is 15.5 Å². The van der Waals surface area contributed by atoms with Crippen LogP contribution >= 0.6 is 24.0 Å². The molecule has 5 nitrogen and oxygen atoms in total. The second-order valence-electron chi connectivity index (χ2n) is 6.26. The van der Waals surface area contributed by atoms with Crippen LogP contribution in [0.4, 0.5) is 10.1 Å². The van der Waals surface area contributed by atoms with E-state index in [1.165, 1.54) is 23.1 Å². The Morgan fingerprint density at radius 1 is 1.04 bits per heavy atom. The van der Waals surface area contributed by atoms with Crippen molar-refractivity contribution in [2.24, 2.45) is 0 Å². The highest BCUT2D eigenvalue weighted by molar-refractivity contribution is 6.33. The smallest absolute Gasteiger partial charge is 0.258 e. The zero-order valence-electron chi connectivity index (χ0n) is 14.7. The van der Waals surface area contributed by atoms with E-state index in [0.717, 1.165) is 5.56 Å². The molecule has 0 atom stereocenters. The Bertz CT molecular complexity index is 848. The Morgan fingerprint density at radius 2 is 1.63 bits per heavy atom. The van der Waals surface area contributed by atoms with Gasteiger partial charge in [-0.05, 0) is 36.8 Å². The second-order valence-corrected chi connectivity index (χ2v) is 6.66. The summed E-state index contributed by atoms with van der Waals surface area (Å²) in [7, 11) is 0. The molecule has 144 valence electrons. The number of nitrogens with two attached hydrogens (primary N) is 1. The van der Waals surface area contributed by atoms with Crippen LogP contribution in [0.15, 0.2) is 36.4 Å². The highest BCUT2D eigenvalue weighted by Gasteiger charge is 2.28. The minimum Gasteiger partial charge on any atom is -0.399 e. The third-order valence-electron chi connectivity index (χ3n) is 4.52. The van der Waals surface area contributed by atoms with E-state index in [2.05, 4.69) is 0 Å². The highest BCUT2D eigenvalue weighted by atomic mass is 35.5. The fraction of sp³-hybridized carbons (Fsp3) is 0.263. The molecule has 2 aromatic rings. The van der Waals surface area contributed by atoms with Gasteiger partial charge in [0.1, 0.15) is 5.82 Å². The van der Waals surface area contributed by atoms with Gasteiger partial charge >= 0.3 is 0 Å². The van der Waals surface area contributed by atoms with Crippen molar-refractivity contribution in [2.75, 3.05) is 31.9 Å². The summed E-state index contributed by atoms with van der Waals surface area (Å²) in [6.07, 6.45) is 0. The maximum Gasteiger partial charge on any atom is 0.258 e. The van der Waals surface area contributed by atoms with E-state index in [1.807, 2.05) is 13.0 Å². The van der Waals surface area contributed by atoms with E-state index >= 15 is 0 Å². The number of piperazine rings is 1. The molecule has 2 amide bonds. The number of aryl methyl sites for hydroxylation is 1. The number of nitrogens with zero attached hydrogens (tertiary/aromatic N) is 2. The zero-order chi connectivity index (χ0) is 18.8. The van der Waals surface area contributed by atoms with Crippen LogP contribution in [-0.2, 0) is 0 Å². The average molecular weight is 412 g/mol. The van der Waals surface area contributed by atoms with Crippen molar-refractivity contribution in [2.45, 2.75) is 6.92 Å². The Morgan fingerprint density at radius 3 is 2.22 bits per heavy atom. The van der Waals surface area contributed by atoms with Crippen molar-refractivity contribution in [1.29, 1.82) is 0 Å². The number of rotatable bonds is 2. The number of hydrogen-bond donors (Lipinski definition) is 1. The van der Waals surface area contributed by atoms with E-state index < -0.39 is 11.7 Å². The van der Waals surface area contributed by atoms with Crippen molar-refractivity contribution >= 4 is 41.5 Å². The number of anilines is 1. The Balaban J connectivity index is 0.00000261. The first-order valence-corrected chi connectivity index (χ1v) is 8.65. The number of carbonyl (C=O) groups excluding carboxylic acids is 2. The van der Waals surface area contributed by atoms with Crippen molar-refractivity contribution in [3.63, 3.8) is 0 Å². The van der Waals surface area contributed by atoms with Crippen LogP contribution < -0.4 is 5.73 Å². The number of halogens is 3. The van der Waals surface area contributed by atoms with Crippen molar-refractivity contribution in [1.82, 2.24) is 9.80 Å². The molecule has 0 bridgehead atoms. The van der Waals surface area contributed by atoms with Crippen LogP contribution in [0.1, 0.15) is 26.3 Å². The molecule has 0 aromatic heterocycles. The number of benzene rings is 2. The summed E-state index contributed by atoms with van der Waals surface area (Å²) in [5.74, 6) is -1.22. The summed E-state index contributed by atoms with van der Waals surface area (Å²) in [5.41, 5.74) is 7.59. The first-order chi connectivity index (χ1) is 12.4. The van der Waals surface area contributed by atoms with Gasteiger partial charge in [-0.3, -0.25) is 9.59 Å². The fourth-order valence-electron chi connectivity index (χ4n) is 3.01. The monoisotopic (exact) mass is 411 g/mol. The fourth-order valence-corrected chi connectivity index (χ4v) is 3.26. The van der Waals surface area contributed by atoms with Crippen LogP contribution in [0.3, 0.4) is 0 Å². The van der Waals surface area contributed by atoms with Gasteiger partial charge in [-0.1, -0.05) is 23.7 Å². The average Bonchev–Trinajstić information content (AvgIpc) is 2.63. The molecule has 1 heterocycles. The Hall–Kier alpha value is -2.31. The van der Waals surface area contributed by atoms with Gasteiger partial charge in [-0.2, -0.15) is 0 Å². The quantitative estimate of drug-likeness (QED) is 0.770. The summed E-state index contributed by atoms with van der Waals surface area (Å²) in [5, 5.41) is 0.0869. The van der Waals surface area contributed by atoms with Crippen molar-refractivity contribution in [3.8, 4) is 0 Å². The summed E-state index contributed by atoms with van der Waals surface area (Å²) in [6, 6.07) is 9.37. The van der Waals surface area contributed by atoms with E-state index in [9.17, 15) is 14.0 Å². The normalized spacial score (nSPS) is 13.9. The van der Waals surface area contributed by atoms with E-state index in [0.29, 0.717) is 37.4 Å². The number of carbonyl (C=O) groups is 2. The van der Waals surface area contributed by atoms with Crippen LogP contribution in [-0.4, -0.2) is 47.8 Å². The topological polar surface area (TPSA) is 66.6 Å². The third-order valence-corrected chi connectivity index (χ3v) is 4.84. The van der Waals surface area contributed by atoms with E-state index in [4.69, 9.17) is 17.3 Å². The molecular weight excluding hydrogens is 392 g/mol. The minimum absolute atomic E-state index is 0. The summed E-state index contributed by atoms with van der Waals surface area (Å²) in [6.45, 7) is 3.22. The Kier molecular flexibility index (Phi) is 6.68. The Labute approximate surface area is 168 Å². The molecule has 0 saturated carbocycles. The van der Waals surface area contributed by atoms with Crippen molar-refractivity contribution in [3.05, 3.63) is 63.9 Å². The van der Waals surface area contributed by atoms with E-state index in [1.54, 1.807) is 17.0 Å². The maximum absolute atomic E-state index is 14.0. The lowest BCUT2D eigenvalue weighted by Crippen LogP contribution is -2.50. The molecule has 1 aliphatic rings. The molecule has 2 N–H and O–H groups in total. The summed E-state index contributed by atoms with van der Waals surface area (Å²) in [4.78, 5) is 28.5. The standard InChI is InChI=1S/C19H19ClFN3O2.ClH/c1-12-5-6-13(22)11-14(12)18(25)23-7-9-24(10-8-23)19(26)17-15(20)3-2-4-16(17)21;/h2-6,11H,7-10,22H2,1H3;1H. The van der Waals surface area contributed by atoms with Gasteiger partial charge in [0.2, 0.25) is 0 Å². The minimum atomic E-state index is -0.642. The predicted octanol–water partition coefficient (Wildman–Crippen LogP) is 3.39. The molecule has 2 aromatic carbocycles. The molecule has 27 heavy (non-hydrogen) atoms. The molecule has 1 saturated heterocycles. The first-order valence-electron chi connectivity index (χ1n) is 8.27. The first kappa shape index (κ1) is 21.0. The largest absolute Gasteiger partial charge is 0.399 e. The zero-order valence-corrected chi connectivity index (χ0v) is 16.3. The molecule has 3 rings (SSSR count). The van der Waals surface area contributed by atoms with Crippen LogP contribution in [0.5, 0.6) is 0 Å². The lowest BCUT2D eigenvalue weighted by molar-refractivity contribution is 0.0532. The molecule has 0 radical (unpaired) electrons. The van der Waals surface area contributed by atoms with Gasteiger partial charge in [-0.25, -0.2) is 4.39 Å². The lowest BCUT2D eigenvalue weighted by atomic mass is 10.1. The molecule has 0 unspecified atom stereocenters. The van der Waals surface area contributed by atoms with Crippen molar-refractivity contribution < 1.29 is 14.0 Å². The molecule has 1 fully saturated rings. The SMILES string of the molecule is Cc1ccc(N)cc1C(=O)N1CCN(C(=O)c2c(F)cccc2Cl)CC1.Cl. The highest BCUT2D eigenvalue weighted by Crippen LogP contribution is 2.22. The third kappa shape index (κ3) is 4.34. The second kappa shape index (κ2) is 8.59. The molecule has 8 heteroatoms. The van der Waals surface area contributed by atoms with Crippen LogP contribution in [0.25, 0.3) is 0 Å². The maximum atomic E-state index is 14.0. The van der Waals surface area contributed by atoms with Gasteiger partial charge in [-0.15, -0.1) is 12.4 Å². The lowest BCUT2D eigenvalue weighted by Gasteiger charge is -2.35. The van der Waals surface area contributed by atoms with Gasteiger partial charge in [0.15, 0.2) is 0 Å². The molecular formula is C19H20Cl2FN3O2. The summed E-state index contributed by atoms with van der Waals surface area (Å²) >= 11 is 5.97. The van der Waals surface area contributed by atoms with Crippen LogP contribution in [0, 0.1) is 12.7 Å².